The van der Waals surface area contributed by atoms with Gasteiger partial charge in [-0.1, -0.05) is 45.8 Å². The molecule has 23 heavy (non-hydrogen) atoms. The highest BCUT2D eigenvalue weighted by molar-refractivity contribution is 7.13. The fraction of sp³-hybridized carbons (Fsp3) is 0.263. The van der Waals surface area contributed by atoms with Crippen LogP contribution in [0.15, 0.2) is 54.7 Å². The Morgan fingerprint density at radius 3 is 2.70 bits per heavy atom. The number of aryl methyl sites for hydroxylation is 1. The summed E-state index contributed by atoms with van der Waals surface area (Å²) in [5, 5.41) is 1.34. The molecule has 1 aromatic heterocycles. The van der Waals surface area contributed by atoms with Crippen molar-refractivity contribution in [1.29, 1.82) is 0 Å². The standard InChI is InChI=1S/C19H23N2OP/c1-22-19-11-5-2-7-16(19)14-21(23)12-6-8-15-13-20-18-10-4-3-9-17(15)18/h2-5,7,9-11,13,20H,6,8,12,14,23H2,1H3. The van der Waals surface area contributed by atoms with Crippen LogP contribution in [0.3, 0.4) is 0 Å². The smallest absolute Gasteiger partial charge is 0.123 e. The highest BCUT2D eigenvalue weighted by Gasteiger charge is 2.07. The van der Waals surface area contributed by atoms with E-state index in [1.54, 1.807) is 7.11 Å². The van der Waals surface area contributed by atoms with E-state index >= 15 is 0 Å². The Morgan fingerprint density at radius 2 is 1.83 bits per heavy atom. The Morgan fingerprint density at radius 1 is 1.04 bits per heavy atom. The fourth-order valence-electron chi connectivity index (χ4n) is 2.94. The Hall–Kier alpha value is -1.83. The van der Waals surface area contributed by atoms with Gasteiger partial charge in [-0.15, -0.1) is 0 Å². The highest BCUT2D eigenvalue weighted by atomic mass is 31.0. The predicted molar refractivity (Wildman–Crippen MR) is 99.7 cm³/mol. The zero-order valence-electron chi connectivity index (χ0n) is 13.5. The van der Waals surface area contributed by atoms with Crippen LogP contribution in [-0.2, 0) is 13.0 Å². The third kappa shape index (κ3) is 3.93. The average molecular weight is 326 g/mol. The van der Waals surface area contributed by atoms with E-state index in [4.69, 9.17) is 4.74 Å². The predicted octanol–water partition coefficient (Wildman–Crippen LogP) is 4.40. The van der Waals surface area contributed by atoms with Crippen molar-refractivity contribution < 1.29 is 4.74 Å². The molecule has 1 unspecified atom stereocenters. The van der Waals surface area contributed by atoms with E-state index in [2.05, 4.69) is 61.6 Å². The van der Waals surface area contributed by atoms with Crippen molar-refractivity contribution in [3.63, 3.8) is 0 Å². The summed E-state index contributed by atoms with van der Waals surface area (Å²) in [6.07, 6.45) is 4.35. The first-order valence-electron chi connectivity index (χ1n) is 7.94. The molecule has 1 N–H and O–H groups in total. The molecule has 0 spiro atoms. The third-order valence-electron chi connectivity index (χ3n) is 4.13. The molecular weight excluding hydrogens is 303 g/mol. The maximum Gasteiger partial charge on any atom is 0.123 e. The van der Waals surface area contributed by atoms with Crippen LogP contribution in [0.25, 0.3) is 10.9 Å². The molecule has 0 aliphatic rings. The van der Waals surface area contributed by atoms with Crippen LogP contribution >= 0.6 is 9.39 Å². The van der Waals surface area contributed by atoms with Crippen LogP contribution in [-0.4, -0.2) is 23.3 Å². The van der Waals surface area contributed by atoms with Crippen LogP contribution < -0.4 is 4.74 Å². The number of nitrogens with zero attached hydrogens (tertiary/aromatic N) is 1. The minimum absolute atomic E-state index is 0.878. The number of benzene rings is 2. The van der Waals surface area contributed by atoms with Crippen LogP contribution in [0, 0.1) is 0 Å². The quantitative estimate of drug-likeness (QED) is 0.652. The SMILES string of the molecule is COc1ccccc1CN(P)CCCc1c[nH]c2ccccc12. The molecule has 0 fully saturated rings. The summed E-state index contributed by atoms with van der Waals surface area (Å²) in [6, 6.07) is 16.7. The summed E-state index contributed by atoms with van der Waals surface area (Å²) < 4.78 is 7.69. The van der Waals surface area contributed by atoms with Crippen molar-refractivity contribution in [2.75, 3.05) is 13.7 Å². The van der Waals surface area contributed by atoms with E-state index in [-0.39, 0.29) is 0 Å². The maximum absolute atomic E-state index is 5.42. The number of aromatic amines is 1. The summed E-state index contributed by atoms with van der Waals surface area (Å²) in [4.78, 5) is 3.35. The molecule has 0 aliphatic carbocycles. The lowest BCUT2D eigenvalue weighted by atomic mass is 10.1. The first-order valence-corrected chi connectivity index (χ1v) is 8.46. The molecule has 0 radical (unpaired) electrons. The molecule has 1 atom stereocenters. The third-order valence-corrected chi connectivity index (χ3v) is 4.57. The second-order valence-electron chi connectivity index (χ2n) is 5.75. The van der Waals surface area contributed by atoms with Gasteiger partial charge in [0.05, 0.1) is 7.11 Å². The van der Waals surface area contributed by atoms with Gasteiger partial charge in [-0.3, -0.25) is 4.67 Å². The summed E-state index contributed by atoms with van der Waals surface area (Å²) in [5.41, 5.74) is 3.84. The fourth-order valence-corrected chi connectivity index (χ4v) is 3.32. The normalized spacial score (nSPS) is 11.3. The maximum atomic E-state index is 5.42. The molecule has 0 aliphatic heterocycles. The lowest BCUT2D eigenvalue weighted by Crippen LogP contribution is -2.13. The number of ether oxygens (including phenoxy) is 1. The van der Waals surface area contributed by atoms with Gasteiger partial charge >= 0.3 is 0 Å². The molecule has 3 nitrogen and oxygen atoms in total. The molecule has 3 rings (SSSR count). The number of para-hydroxylation sites is 2. The van der Waals surface area contributed by atoms with Gasteiger partial charge in [-0.05, 0) is 30.5 Å². The minimum Gasteiger partial charge on any atom is -0.496 e. The first kappa shape index (κ1) is 16.0. The van der Waals surface area contributed by atoms with Crippen molar-refractivity contribution in [2.24, 2.45) is 0 Å². The van der Waals surface area contributed by atoms with Crippen molar-refractivity contribution >= 4 is 20.3 Å². The largest absolute Gasteiger partial charge is 0.496 e. The van der Waals surface area contributed by atoms with Gasteiger partial charge in [0.1, 0.15) is 5.75 Å². The molecule has 0 saturated carbocycles. The van der Waals surface area contributed by atoms with Crippen molar-refractivity contribution in [1.82, 2.24) is 9.65 Å². The topological polar surface area (TPSA) is 28.3 Å². The second kappa shape index (κ2) is 7.63. The van der Waals surface area contributed by atoms with Crippen molar-refractivity contribution in [3.8, 4) is 5.75 Å². The van der Waals surface area contributed by atoms with Gasteiger partial charge in [0.2, 0.25) is 0 Å². The molecule has 0 saturated heterocycles. The van der Waals surface area contributed by atoms with E-state index in [9.17, 15) is 0 Å². The summed E-state index contributed by atoms with van der Waals surface area (Å²) in [7, 11) is 4.56. The van der Waals surface area contributed by atoms with Crippen molar-refractivity contribution in [2.45, 2.75) is 19.4 Å². The number of nitrogens with one attached hydrogen (secondary N) is 1. The lowest BCUT2D eigenvalue weighted by Gasteiger charge is -2.18. The summed E-state index contributed by atoms with van der Waals surface area (Å²) in [6.45, 7) is 1.91. The number of rotatable bonds is 7. The molecule has 0 amide bonds. The minimum atomic E-state index is 0.878. The van der Waals surface area contributed by atoms with E-state index in [0.29, 0.717) is 0 Å². The number of hydrogen-bond acceptors (Lipinski definition) is 2. The van der Waals surface area contributed by atoms with Gasteiger partial charge in [0.15, 0.2) is 0 Å². The molecule has 3 aromatic rings. The first-order chi connectivity index (χ1) is 11.3. The van der Waals surface area contributed by atoms with Gasteiger partial charge in [0.25, 0.3) is 0 Å². The number of methoxy groups -OCH3 is 1. The Balaban J connectivity index is 1.54. The number of fused-ring (bicyclic) bond motifs is 1. The Labute approximate surface area is 139 Å². The second-order valence-corrected chi connectivity index (χ2v) is 6.48. The summed E-state index contributed by atoms with van der Waals surface area (Å²) in [5.74, 6) is 0.955. The highest BCUT2D eigenvalue weighted by Crippen LogP contribution is 2.22. The molecule has 4 heteroatoms. The summed E-state index contributed by atoms with van der Waals surface area (Å²) >= 11 is 0. The van der Waals surface area contributed by atoms with E-state index in [1.807, 2.05) is 12.1 Å². The Bertz CT molecular complexity index is 769. The number of hydrogen-bond donors (Lipinski definition) is 1. The van der Waals surface area contributed by atoms with Gasteiger partial charge in [0, 0.05) is 35.8 Å². The molecule has 120 valence electrons. The zero-order valence-corrected chi connectivity index (χ0v) is 14.6. The van der Waals surface area contributed by atoms with Crippen molar-refractivity contribution in [3.05, 3.63) is 65.9 Å². The van der Waals surface area contributed by atoms with Crippen LogP contribution in [0.2, 0.25) is 0 Å². The van der Waals surface area contributed by atoms with Gasteiger partial charge in [-0.25, -0.2) is 0 Å². The average Bonchev–Trinajstić information content (AvgIpc) is 2.99. The van der Waals surface area contributed by atoms with E-state index in [1.165, 1.54) is 22.0 Å². The van der Waals surface area contributed by atoms with Gasteiger partial charge < -0.3 is 9.72 Å². The number of H-pyrrole nitrogens is 1. The molecule has 2 aromatic carbocycles. The molecule has 0 bridgehead atoms. The van der Waals surface area contributed by atoms with E-state index in [0.717, 1.165) is 31.7 Å². The molecular formula is C19H23N2OP. The monoisotopic (exact) mass is 326 g/mol. The lowest BCUT2D eigenvalue weighted by molar-refractivity contribution is 0.393. The van der Waals surface area contributed by atoms with Crippen LogP contribution in [0.4, 0.5) is 0 Å². The van der Waals surface area contributed by atoms with E-state index < -0.39 is 0 Å². The van der Waals surface area contributed by atoms with Crippen LogP contribution in [0.5, 0.6) is 5.75 Å². The van der Waals surface area contributed by atoms with Crippen LogP contribution in [0.1, 0.15) is 17.5 Å². The zero-order chi connectivity index (χ0) is 16.1. The number of aromatic nitrogens is 1. The van der Waals surface area contributed by atoms with Gasteiger partial charge in [-0.2, -0.15) is 0 Å². The molecule has 1 heterocycles. The Kier molecular flexibility index (Phi) is 5.32.